The van der Waals surface area contributed by atoms with Crippen LogP contribution in [0.3, 0.4) is 0 Å². The van der Waals surface area contributed by atoms with E-state index in [2.05, 4.69) is 25.9 Å². The van der Waals surface area contributed by atoms with E-state index in [1.54, 1.807) is 13.0 Å². The SMILES string of the molecule is Cc1nc(Cl)cc(Oc2cc(Br)cc([N+](=O)[O-])c2)n1. The Bertz CT molecular complexity index is 631. The Labute approximate surface area is 121 Å². The molecule has 0 N–H and O–H groups in total. The van der Waals surface area contributed by atoms with Crippen LogP contribution >= 0.6 is 27.5 Å². The molecule has 0 radical (unpaired) electrons. The second-order valence-corrected chi connectivity index (χ2v) is 4.88. The number of benzene rings is 1. The number of rotatable bonds is 3. The highest BCUT2D eigenvalue weighted by Crippen LogP contribution is 2.29. The molecule has 0 saturated heterocycles. The van der Waals surface area contributed by atoms with Gasteiger partial charge in [-0.2, -0.15) is 4.98 Å². The molecule has 0 atom stereocenters. The van der Waals surface area contributed by atoms with Gasteiger partial charge in [-0.05, 0) is 13.0 Å². The third kappa shape index (κ3) is 3.62. The Morgan fingerprint density at radius 1 is 1.32 bits per heavy atom. The average molecular weight is 345 g/mol. The van der Waals surface area contributed by atoms with Gasteiger partial charge in [0.1, 0.15) is 16.7 Å². The highest BCUT2D eigenvalue weighted by atomic mass is 79.9. The van der Waals surface area contributed by atoms with Gasteiger partial charge in [-0.1, -0.05) is 27.5 Å². The third-order valence-corrected chi connectivity index (χ3v) is 2.72. The number of nitro groups is 1. The minimum Gasteiger partial charge on any atom is -0.439 e. The predicted molar refractivity (Wildman–Crippen MR) is 72.6 cm³/mol. The molecule has 2 aromatic rings. The van der Waals surface area contributed by atoms with Crippen LogP contribution in [0.2, 0.25) is 5.15 Å². The molecule has 0 unspecified atom stereocenters. The average Bonchev–Trinajstić information content (AvgIpc) is 2.26. The van der Waals surface area contributed by atoms with E-state index in [1.165, 1.54) is 18.2 Å². The smallest absolute Gasteiger partial charge is 0.274 e. The van der Waals surface area contributed by atoms with Crippen molar-refractivity contribution in [2.45, 2.75) is 6.92 Å². The first kappa shape index (κ1) is 13.7. The number of aryl methyl sites for hydroxylation is 1. The van der Waals surface area contributed by atoms with Gasteiger partial charge in [-0.25, -0.2) is 4.98 Å². The van der Waals surface area contributed by atoms with Crippen molar-refractivity contribution in [1.82, 2.24) is 9.97 Å². The molecule has 0 fully saturated rings. The topological polar surface area (TPSA) is 78.2 Å². The van der Waals surface area contributed by atoms with Crippen molar-refractivity contribution in [2.24, 2.45) is 0 Å². The Balaban J connectivity index is 2.35. The van der Waals surface area contributed by atoms with Crippen LogP contribution in [-0.4, -0.2) is 14.9 Å². The molecule has 0 aliphatic rings. The van der Waals surface area contributed by atoms with Crippen LogP contribution in [0.15, 0.2) is 28.7 Å². The van der Waals surface area contributed by atoms with Gasteiger partial charge in [0.05, 0.1) is 11.0 Å². The van der Waals surface area contributed by atoms with Gasteiger partial charge in [-0.15, -0.1) is 0 Å². The van der Waals surface area contributed by atoms with E-state index < -0.39 is 4.92 Å². The molecule has 0 bridgehead atoms. The lowest BCUT2D eigenvalue weighted by atomic mass is 10.3. The summed E-state index contributed by atoms with van der Waals surface area (Å²) >= 11 is 8.96. The summed E-state index contributed by atoms with van der Waals surface area (Å²) in [7, 11) is 0. The summed E-state index contributed by atoms with van der Waals surface area (Å²) in [6.45, 7) is 1.67. The lowest BCUT2D eigenvalue weighted by molar-refractivity contribution is -0.385. The van der Waals surface area contributed by atoms with E-state index in [0.717, 1.165) is 0 Å². The number of halogens is 2. The number of hydrogen-bond acceptors (Lipinski definition) is 5. The van der Waals surface area contributed by atoms with Crippen LogP contribution in [-0.2, 0) is 0 Å². The van der Waals surface area contributed by atoms with E-state index >= 15 is 0 Å². The zero-order valence-electron chi connectivity index (χ0n) is 9.63. The van der Waals surface area contributed by atoms with Gasteiger partial charge < -0.3 is 4.74 Å². The second-order valence-electron chi connectivity index (χ2n) is 3.58. The van der Waals surface area contributed by atoms with Crippen molar-refractivity contribution in [3.63, 3.8) is 0 Å². The maximum Gasteiger partial charge on any atom is 0.274 e. The molecule has 1 aromatic carbocycles. The fourth-order valence-corrected chi connectivity index (χ4v) is 2.07. The van der Waals surface area contributed by atoms with Crippen molar-refractivity contribution in [2.75, 3.05) is 0 Å². The van der Waals surface area contributed by atoms with Crippen molar-refractivity contribution in [3.8, 4) is 11.6 Å². The summed E-state index contributed by atoms with van der Waals surface area (Å²) in [5.74, 6) is 0.965. The van der Waals surface area contributed by atoms with Gasteiger partial charge in [-0.3, -0.25) is 10.1 Å². The van der Waals surface area contributed by atoms with Crippen LogP contribution in [0.4, 0.5) is 5.69 Å². The Morgan fingerprint density at radius 3 is 2.68 bits per heavy atom. The number of aromatic nitrogens is 2. The summed E-state index contributed by atoms with van der Waals surface area (Å²) in [5, 5.41) is 11.0. The molecule has 0 amide bonds. The summed E-state index contributed by atoms with van der Waals surface area (Å²) in [6.07, 6.45) is 0. The second kappa shape index (κ2) is 5.50. The lowest BCUT2D eigenvalue weighted by Crippen LogP contribution is -1.94. The maximum atomic E-state index is 10.7. The first-order valence-corrected chi connectivity index (χ1v) is 6.25. The Morgan fingerprint density at radius 2 is 2.05 bits per heavy atom. The van der Waals surface area contributed by atoms with Crippen molar-refractivity contribution >= 4 is 33.2 Å². The number of nitrogens with zero attached hydrogens (tertiary/aromatic N) is 3. The molecule has 6 nitrogen and oxygen atoms in total. The van der Waals surface area contributed by atoms with E-state index in [0.29, 0.717) is 10.3 Å². The van der Waals surface area contributed by atoms with Crippen LogP contribution in [0.1, 0.15) is 5.82 Å². The number of nitro benzene ring substituents is 1. The van der Waals surface area contributed by atoms with Crippen molar-refractivity contribution in [3.05, 3.63) is 49.8 Å². The van der Waals surface area contributed by atoms with E-state index in [-0.39, 0.29) is 22.5 Å². The number of hydrogen-bond donors (Lipinski definition) is 0. The van der Waals surface area contributed by atoms with Gasteiger partial charge in [0, 0.05) is 16.6 Å². The standard InChI is InChI=1S/C11H7BrClN3O3/c1-6-14-10(13)5-11(15-6)19-9-3-7(12)2-8(4-9)16(17)18/h2-5H,1H3. The van der Waals surface area contributed by atoms with Gasteiger partial charge in [0.2, 0.25) is 5.88 Å². The normalized spacial score (nSPS) is 10.3. The van der Waals surface area contributed by atoms with Crippen LogP contribution in [0.25, 0.3) is 0 Å². The minimum atomic E-state index is -0.504. The zero-order chi connectivity index (χ0) is 14.0. The van der Waals surface area contributed by atoms with Gasteiger partial charge in [0.15, 0.2) is 0 Å². The molecule has 1 heterocycles. The van der Waals surface area contributed by atoms with Crippen molar-refractivity contribution in [1.29, 1.82) is 0 Å². The van der Waals surface area contributed by atoms with Gasteiger partial charge >= 0.3 is 0 Å². The Hall–Kier alpha value is -1.73. The summed E-state index contributed by atoms with van der Waals surface area (Å²) in [4.78, 5) is 18.2. The van der Waals surface area contributed by atoms with Gasteiger partial charge in [0.25, 0.3) is 5.69 Å². The molecule has 19 heavy (non-hydrogen) atoms. The monoisotopic (exact) mass is 343 g/mol. The van der Waals surface area contributed by atoms with E-state index in [9.17, 15) is 10.1 Å². The molecule has 0 aliphatic heterocycles. The number of non-ortho nitro benzene ring substituents is 1. The van der Waals surface area contributed by atoms with Crippen LogP contribution < -0.4 is 4.74 Å². The molecule has 2 rings (SSSR count). The number of ether oxygens (including phenoxy) is 1. The molecule has 0 spiro atoms. The molecule has 8 heteroatoms. The summed E-state index contributed by atoms with van der Waals surface area (Å²) in [6, 6.07) is 5.71. The summed E-state index contributed by atoms with van der Waals surface area (Å²) < 4.78 is 5.98. The summed E-state index contributed by atoms with van der Waals surface area (Å²) in [5.41, 5.74) is -0.0822. The fraction of sp³-hybridized carbons (Fsp3) is 0.0909. The first-order valence-electron chi connectivity index (χ1n) is 5.08. The quantitative estimate of drug-likeness (QED) is 0.479. The molecular formula is C11H7BrClN3O3. The largest absolute Gasteiger partial charge is 0.439 e. The third-order valence-electron chi connectivity index (χ3n) is 2.07. The maximum absolute atomic E-state index is 10.7. The zero-order valence-corrected chi connectivity index (χ0v) is 12.0. The highest BCUT2D eigenvalue weighted by Gasteiger charge is 2.11. The first-order chi connectivity index (χ1) is 8.94. The minimum absolute atomic E-state index is 0.0822. The molecule has 1 aromatic heterocycles. The van der Waals surface area contributed by atoms with Crippen molar-refractivity contribution < 1.29 is 9.66 Å². The predicted octanol–water partition coefficient (Wildman–Crippen LogP) is 3.90. The molecule has 0 saturated carbocycles. The molecule has 98 valence electrons. The Kier molecular flexibility index (Phi) is 3.96. The highest BCUT2D eigenvalue weighted by molar-refractivity contribution is 9.10. The molecule has 0 aliphatic carbocycles. The van der Waals surface area contributed by atoms with E-state index in [1.807, 2.05) is 0 Å². The fourth-order valence-electron chi connectivity index (χ4n) is 1.39. The van der Waals surface area contributed by atoms with Crippen LogP contribution in [0.5, 0.6) is 11.6 Å². The van der Waals surface area contributed by atoms with E-state index in [4.69, 9.17) is 16.3 Å². The lowest BCUT2D eigenvalue weighted by Gasteiger charge is -2.06. The molecular weight excluding hydrogens is 337 g/mol. The van der Waals surface area contributed by atoms with Crippen LogP contribution in [0, 0.1) is 17.0 Å².